The molecule has 0 unspecified atom stereocenters. The number of rotatable bonds is 2. The average Bonchev–Trinajstić information content (AvgIpc) is 3.77. The number of para-hydroxylation sites is 1. The van der Waals surface area contributed by atoms with Gasteiger partial charge in [-0.05, 0) is 85.3 Å². The van der Waals surface area contributed by atoms with Crippen LogP contribution in [0.5, 0.6) is 0 Å². The highest BCUT2D eigenvalue weighted by Gasteiger charge is 2.55. The summed E-state index contributed by atoms with van der Waals surface area (Å²) < 4.78 is 5.43. The SMILES string of the molecule is Cc1c(C)n2c3c(cccc13)B1c3c-2ccc2c3-n3c4c1cc([Si](C)(C)C(C)(C)C)cc4c1cc([Si](C)(C)C(C)(C)C)cc(c13)C21c2ccccc2-c2ccccc21. The summed E-state index contributed by atoms with van der Waals surface area (Å²) in [6, 6.07) is 41.8. The van der Waals surface area contributed by atoms with Crippen LogP contribution in [-0.2, 0) is 5.41 Å². The van der Waals surface area contributed by atoms with Gasteiger partial charge in [0.1, 0.15) is 0 Å². The summed E-state index contributed by atoms with van der Waals surface area (Å²) in [5.74, 6) is 0. The van der Waals surface area contributed by atoms with Gasteiger partial charge in [0.2, 0.25) is 0 Å². The van der Waals surface area contributed by atoms with Crippen molar-refractivity contribution in [2.45, 2.75) is 97.1 Å². The van der Waals surface area contributed by atoms with Gasteiger partial charge in [0, 0.05) is 44.3 Å². The molecule has 0 saturated carbocycles. The van der Waals surface area contributed by atoms with Gasteiger partial charge in [-0.25, -0.2) is 0 Å². The molecule has 5 heterocycles. The molecule has 12 rings (SSSR count). The zero-order valence-electron chi connectivity index (χ0n) is 36.3. The van der Waals surface area contributed by atoms with Gasteiger partial charge in [0.05, 0.1) is 27.1 Å². The molecule has 1 aliphatic carbocycles. The van der Waals surface area contributed by atoms with E-state index in [1.807, 2.05) is 0 Å². The third-order valence-corrected chi connectivity index (χ3v) is 28.0. The predicted molar refractivity (Wildman–Crippen MR) is 256 cm³/mol. The Kier molecular flexibility index (Phi) is 6.35. The molecule has 58 heavy (non-hydrogen) atoms. The first-order valence-corrected chi connectivity index (χ1v) is 27.6. The highest BCUT2D eigenvalue weighted by atomic mass is 28.3. The van der Waals surface area contributed by atoms with E-state index in [1.165, 1.54) is 105 Å². The highest BCUT2D eigenvalue weighted by Crippen LogP contribution is 2.61. The summed E-state index contributed by atoms with van der Waals surface area (Å²) in [5, 5.41) is 7.80. The van der Waals surface area contributed by atoms with Crippen molar-refractivity contribution in [3.05, 3.63) is 137 Å². The second kappa shape index (κ2) is 10.5. The summed E-state index contributed by atoms with van der Waals surface area (Å²) in [6.45, 7) is 30.2. The number of nitrogens with zero attached hydrogens (tertiary/aromatic N) is 2. The largest absolute Gasteiger partial charge is 0.315 e. The van der Waals surface area contributed by atoms with Crippen LogP contribution in [0.2, 0.25) is 36.3 Å². The van der Waals surface area contributed by atoms with Gasteiger partial charge >= 0.3 is 0 Å². The fourth-order valence-corrected chi connectivity index (χ4v) is 15.6. The zero-order valence-corrected chi connectivity index (χ0v) is 38.3. The van der Waals surface area contributed by atoms with E-state index in [1.54, 1.807) is 10.4 Å². The van der Waals surface area contributed by atoms with Crippen molar-refractivity contribution < 1.29 is 0 Å². The maximum absolute atomic E-state index is 2.80. The Hall–Kier alpha value is -4.84. The van der Waals surface area contributed by atoms with E-state index in [9.17, 15) is 0 Å². The smallest absolute Gasteiger partial charge is 0.252 e. The minimum Gasteiger partial charge on any atom is -0.315 e. The number of benzene rings is 6. The average molecular weight is 785 g/mol. The fraction of sp³-hybridized carbons (Fsp3) is 0.283. The molecule has 6 aromatic carbocycles. The molecular weight excluding hydrogens is 732 g/mol. The molecule has 286 valence electrons. The van der Waals surface area contributed by atoms with Gasteiger partial charge < -0.3 is 9.13 Å². The van der Waals surface area contributed by atoms with E-state index in [-0.39, 0.29) is 16.8 Å². The fourth-order valence-electron chi connectivity index (χ4n) is 11.9. The second-order valence-electron chi connectivity index (χ2n) is 21.4. The molecule has 5 heteroatoms. The van der Waals surface area contributed by atoms with Crippen molar-refractivity contribution in [3.63, 3.8) is 0 Å². The number of fused-ring (bicyclic) bond motifs is 11. The zero-order chi connectivity index (χ0) is 40.4. The first kappa shape index (κ1) is 35.1. The van der Waals surface area contributed by atoms with Crippen LogP contribution < -0.4 is 26.8 Å². The van der Waals surface area contributed by atoms with Crippen LogP contribution in [-0.4, -0.2) is 32.0 Å². The van der Waals surface area contributed by atoms with E-state index in [0.29, 0.717) is 0 Å². The van der Waals surface area contributed by atoms with Crippen molar-refractivity contribution in [3.8, 4) is 22.5 Å². The van der Waals surface area contributed by atoms with Crippen LogP contribution in [0.3, 0.4) is 0 Å². The van der Waals surface area contributed by atoms with Gasteiger partial charge in [-0.1, -0.05) is 175 Å². The lowest BCUT2D eigenvalue weighted by atomic mass is 9.33. The third kappa shape index (κ3) is 3.71. The van der Waals surface area contributed by atoms with Crippen LogP contribution >= 0.6 is 0 Å². The second-order valence-corrected chi connectivity index (χ2v) is 32.1. The van der Waals surface area contributed by atoms with Crippen LogP contribution in [0.1, 0.15) is 75.1 Å². The molecule has 4 aliphatic rings. The monoisotopic (exact) mass is 784 g/mol. The van der Waals surface area contributed by atoms with Gasteiger partial charge in [-0.3, -0.25) is 0 Å². The van der Waals surface area contributed by atoms with E-state index in [0.717, 1.165) is 0 Å². The lowest BCUT2D eigenvalue weighted by Crippen LogP contribution is -2.62. The first-order valence-electron chi connectivity index (χ1n) is 21.6. The normalized spacial score (nSPS) is 15.7. The lowest BCUT2D eigenvalue weighted by molar-refractivity contribution is 0.728. The molecular formula is C53H53BN2Si2. The Morgan fingerprint density at radius 3 is 1.71 bits per heavy atom. The Bertz CT molecular complexity index is 3180. The molecule has 0 saturated heterocycles. The molecule has 2 nitrogen and oxygen atoms in total. The predicted octanol–water partition coefficient (Wildman–Crippen LogP) is 10.6. The van der Waals surface area contributed by atoms with Crippen molar-refractivity contribution in [1.82, 2.24) is 9.13 Å². The minimum atomic E-state index is -2.02. The van der Waals surface area contributed by atoms with Crippen molar-refractivity contribution in [2.75, 3.05) is 0 Å². The molecule has 1 spiro atoms. The lowest BCUT2D eigenvalue weighted by Gasteiger charge is -2.45. The molecule has 0 radical (unpaired) electrons. The molecule has 0 N–H and O–H groups in total. The Morgan fingerprint density at radius 2 is 1.09 bits per heavy atom. The van der Waals surface area contributed by atoms with Crippen molar-refractivity contribution in [2.24, 2.45) is 0 Å². The molecule has 3 aliphatic heterocycles. The van der Waals surface area contributed by atoms with E-state index < -0.39 is 21.6 Å². The molecule has 8 aromatic rings. The maximum Gasteiger partial charge on any atom is 0.252 e. The summed E-state index contributed by atoms with van der Waals surface area (Å²) in [4.78, 5) is 0. The number of aromatic nitrogens is 2. The van der Waals surface area contributed by atoms with Crippen LogP contribution in [0.15, 0.2) is 103 Å². The van der Waals surface area contributed by atoms with Gasteiger partial charge in [0.25, 0.3) is 6.71 Å². The van der Waals surface area contributed by atoms with E-state index in [2.05, 4.69) is 194 Å². The molecule has 0 bridgehead atoms. The van der Waals surface area contributed by atoms with E-state index in [4.69, 9.17) is 0 Å². The summed E-state index contributed by atoms with van der Waals surface area (Å²) >= 11 is 0. The maximum atomic E-state index is 2.80. The quantitative estimate of drug-likeness (QED) is 0.155. The summed E-state index contributed by atoms with van der Waals surface area (Å²) in [5.41, 5.74) is 22.2. The Labute approximate surface area is 346 Å². The Balaban J connectivity index is 1.39. The van der Waals surface area contributed by atoms with Crippen LogP contribution in [0, 0.1) is 13.8 Å². The number of aryl methyl sites for hydroxylation is 1. The van der Waals surface area contributed by atoms with Crippen molar-refractivity contribution in [1.29, 1.82) is 0 Å². The standard InChI is InChI=1S/C53H53BN2Si2/c1-30-31(2)55-45-25-24-41-50-46(45)54(43-23-17-20-34(30)48(43)55)44-29-33(58(11,12)52(6,7)8)27-38-37-26-32(57(9,10)51(3,4)5)28-42(47(37)56(50)49(38)44)53(41)39-21-15-13-18-35(39)36-19-14-16-22-40(36)53/h13-29H,1-12H3. The van der Waals surface area contributed by atoms with Gasteiger partial charge in [-0.2, -0.15) is 0 Å². The van der Waals surface area contributed by atoms with Crippen LogP contribution in [0.25, 0.3) is 55.2 Å². The third-order valence-electron chi connectivity index (χ3n) is 17.1. The molecule has 0 amide bonds. The van der Waals surface area contributed by atoms with E-state index >= 15 is 0 Å². The minimum absolute atomic E-state index is 0.129. The summed E-state index contributed by atoms with van der Waals surface area (Å²) in [7, 11) is -4.01. The molecule has 2 aromatic heterocycles. The first-order chi connectivity index (χ1) is 27.4. The van der Waals surface area contributed by atoms with Gasteiger partial charge in [0.15, 0.2) is 0 Å². The summed E-state index contributed by atoms with van der Waals surface area (Å²) in [6.07, 6.45) is 0. The number of hydrogen-bond acceptors (Lipinski definition) is 0. The highest BCUT2D eigenvalue weighted by molar-refractivity contribution is 7.01. The van der Waals surface area contributed by atoms with Gasteiger partial charge in [-0.15, -0.1) is 0 Å². The molecule has 0 fully saturated rings. The number of hydrogen-bond donors (Lipinski definition) is 0. The van der Waals surface area contributed by atoms with Crippen molar-refractivity contribution >= 4 is 82.3 Å². The Morgan fingerprint density at radius 1 is 0.517 bits per heavy atom. The molecule has 0 atom stereocenters. The van der Waals surface area contributed by atoms with Crippen LogP contribution in [0.4, 0.5) is 0 Å². The topological polar surface area (TPSA) is 9.86 Å².